The highest BCUT2D eigenvalue weighted by Gasteiger charge is 2.15. The maximum absolute atomic E-state index is 12.1. The van der Waals surface area contributed by atoms with Crippen molar-refractivity contribution < 1.29 is 17.9 Å². The first kappa shape index (κ1) is 21.2. The fourth-order valence-corrected chi connectivity index (χ4v) is 3.33. The number of carbonyl (C=O) groups excluding carboxylic acids is 1. The van der Waals surface area contributed by atoms with Crippen LogP contribution >= 0.6 is 11.6 Å². The molecule has 2 rings (SSSR count). The molecule has 2 aromatic carbocycles. The minimum absolute atomic E-state index is 0.116. The summed E-state index contributed by atoms with van der Waals surface area (Å²) in [6.07, 6.45) is 0.816. The second-order valence-electron chi connectivity index (χ2n) is 6.17. The molecule has 0 radical (unpaired) electrons. The van der Waals surface area contributed by atoms with E-state index < -0.39 is 10.0 Å². The first-order chi connectivity index (χ1) is 12.8. The highest BCUT2D eigenvalue weighted by molar-refractivity contribution is 7.88. The molecule has 0 spiro atoms. The number of anilines is 1. The lowest BCUT2D eigenvalue weighted by molar-refractivity contribution is -0.116. The molecule has 1 amide bonds. The average Bonchev–Trinajstić information content (AvgIpc) is 2.60. The SMILES string of the molecule is CN(C)S(=O)(=O)Cc1cccc(NC(=O)CCCOc2ccccc2Cl)c1. The second-order valence-corrected chi connectivity index (χ2v) is 8.76. The number of para-hydroxylation sites is 1. The predicted octanol–water partition coefficient (Wildman–Crippen LogP) is 3.53. The zero-order valence-corrected chi connectivity index (χ0v) is 16.9. The normalized spacial score (nSPS) is 11.4. The van der Waals surface area contributed by atoms with Crippen molar-refractivity contribution in [3.05, 3.63) is 59.1 Å². The highest BCUT2D eigenvalue weighted by Crippen LogP contribution is 2.23. The molecule has 0 aliphatic heterocycles. The molecule has 0 fully saturated rings. The lowest BCUT2D eigenvalue weighted by Gasteiger charge is -2.12. The Bertz CT molecular complexity index is 885. The first-order valence-corrected chi connectivity index (χ1v) is 10.4. The third-order valence-corrected chi connectivity index (χ3v) is 5.88. The van der Waals surface area contributed by atoms with Gasteiger partial charge in [-0.25, -0.2) is 12.7 Å². The van der Waals surface area contributed by atoms with E-state index in [0.717, 1.165) is 0 Å². The van der Waals surface area contributed by atoms with Crippen LogP contribution in [0.4, 0.5) is 5.69 Å². The number of nitrogens with zero attached hydrogens (tertiary/aromatic N) is 1. The topological polar surface area (TPSA) is 75.7 Å². The van der Waals surface area contributed by atoms with Gasteiger partial charge in [-0.05, 0) is 36.2 Å². The summed E-state index contributed by atoms with van der Waals surface area (Å²) in [7, 11) is -0.367. The van der Waals surface area contributed by atoms with Crippen molar-refractivity contribution in [2.24, 2.45) is 0 Å². The van der Waals surface area contributed by atoms with E-state index in [4.69, 9.17) is 16.3 Å². The molecule has 0 aliphatic rings. The van der Waals surface area contributed by atoms with Crippen molar-refractivity contribution in [2.75, 3.05) is 26.0 Å². The largest absolute Gasteiger partial charge is 0.492 e. The number of rotatable bonds is 9. The van der Waals surface area contributed by atoms with E-state index in [1.54, 1.807) is 36.4 Å². The number of ether oxygens (including phenoxy) is 1. The summed E-state index contributed by atoms with van der Waals surface area (Å²) in [5.41, 5.74) is 1.18. The van der Waals surface area contributed by atoms with Gasteiger partial charge in [0.2, 0.25) is 15.9 Å². The van der Waals surface area contributed by atoms with Crippen molar-refractivity contribution in [3.63, 3.8) is 0 Å². The van der Waals surface area contributed by atoms with Gasteiger partial charge >= 0.3 is 0 Å². The van der Waals surface area contributed by atoms with E-state index in [9.17, 15) is 13.2 Å². The zero-order chi connectivity index (χ0) is 19.9. The molecular formula is C19H23ClN2O4S. The Morgan fingerprint density at radius 2 is 1.89 bits per heavy atom. The number of benzene rings is 2. The van der Waals surface area contributed by atoms with Crippen molar-refractivity contribution in [1.29, 1.82) is 0 Å². The molecule has 0 aromatic heterocycles. The fraction of sp³-hybridized carbons (Fsp3) is 0.316. The van der Waals surface area contributed by atoms with Gasteiger partial charge in [0.15, 0.2) is 0 Å². The Labute approximate surface area is 165 Å². The van der Waals surface area contributed by atoms with E-state index in [2.05, 4.69) is 5.32 Å². The van der Waals surface area contributed by atoms with Gasteiger partial charge in [-0.3, -0.25) is 4.79 Å². The second kappa shape index (κ2) is 9.73. The molecule has 0 saturated carbocycles. The zero-order valence-electron chi connectivity index (χ0n) is 15.3. The third kappa shape index (κ3) is 6.86. The van der Waals surface area contributed by atoms with Gasteiger partial charge in [0.05, 0.1) is 17.4 Å². The van der Waals surface area contributed by atoms with E-state index in [1.165, 1.54) is 18.4 Å². The van der Waals surface area contributed by atoms with Gasteiger partial charge in [-0.15, -0.1) is 0 Å². The van der Waals surface area contributed by atoms with Gasteiger partial charge in [0.25, 0.3) is 0 Å². The molecular weight excluding hydrogens is 388 g/mol. The van der Waals surface area contributed by atoms with Crippen molar-refractivity contribution >= 4 is 33.2 Å². The number of carbonyl (C=O) groups is 1. The van der Waals surface area contributed by atoms with Crippen LogP contribution in [0.15, 0.2) is 48.5 Å². The third-order valence-electron chi connectivity index (χ3n) is 3.76. The highest BCUT2D eigenvalue weighted by atomic mass is 35.5. The lowest BCUT2D eigenvalue weighted by Crippen LogP contribution is -2.23. The van der Waals surface area contributed by atoms with Gasteiger partial charge in [-0.2, -0.15) is 0 Å². The molecule has 0 aliphatic carbocycles. The summed E-state index contributed by atoms with van der Waals surface area (Å²) in [5.74, 6) is 0.315. The Morgan fingerprint density at radius 1 is 1.15 bits per heavy atom. The molecule has 27 heavy (non-hydrogen) atoms. The molecule has 8 heteroatoms. The molecule has 2 aromatic rings. The van der Waals surface area contributed by atoms with Crippen LogP contribution in [0.1, 0.15) is 18.4 Å². The number of hydrogen-bond acceptors (Lipinski definition) is 4. The minimum atomic E-state index is -3.35. The van der Waals surface area contributed by atoms with Crippen LogP contribution in [0.25, 0.3) is 0 Å². The summed E-state index contributed by atoms with van der Waals surface area (Å²) in [6.45, 7) is 0.373. The maximum Gasteiger partial charge on any atom is 0.224 e. The van der Waals surface area contributed by atoms with E-state index in [1.807, 2.05) is 12.1 Å². The predicted molar refractivity (Wildman–Crippen MR) is 108 cm³/mol. The quantitative estimate of drug-likeness (QED) is 0.641. The summed E-state index contributed by atoms with van der Waals surface area (Å²) >= 11 is 6.00. The average molecular weight is 411 g/mol. The van der Waals surface area contributed by atoms with Crippen LogP contribution in [0.5, 0.6) is 5.75 Å². The Morgan fingerprint density at radius 3 is 2.59 bits per heavy atom. The smallest absolute Gasteiger partial charge is 0.224 e. The van der Waals surface area contributed by atoms with Crippen LogP contribution in [-0.4, -0.2) is 39.3 Å². The molecule has 6 nitrogen and oxygen atoms in total. The van der Waals surface area contributed by atoms with Gasteiger partial charge in [0, 0.05) is 26.2 Å². The van der Waals surface area contributed by atoms with Crippen LogP contribution in [0.2, 0.25) is 5.02 Å². The van der Waals surface area contributed by atoms with Crippen LogP contribution < -0.4 is 10.1 Å². The minimum Gasteiger partial charge on any atom is -0.492 e. The Balaban J connectivity index is 1.82. The number of nitrogens with one attached hydrogen (secondary N) is 1. The van der Waals surface area contributed by atoms with Crippen LogP contribution in [-0.2, 0) is 20.6 Å². The van der Waals surface area contributed by atoms with Gasteiger partial charge < -0.3 is 10.1 Å². The summed E-state index contributed by atoms with van der Waals surface area (Å²) < 4.78 is 30.7. The number of sulfonamides is 1. The summed E-state index contributed by atoms with van der Waals surface area (Å²) in [5, 5.41) is 3.31. The molecule has 0 saturated heterocycles. The fourth-order valence-electron chi connectivity index (χ4n) is 2.28. The van der Waals surface area contributed by atoms with Crippen LogP contribution in [0, 0.1) is 0 Å². The molecule has 0 heterocycles. The Kier molecular flexibility index (Phi) is 7.65. The summed E-state index contributed by atoms with van der Waals surface area (Å²) in [4.78, 5) is 12.1. The van der Waals surface area contributed by atoms with E-state index in [-0.39, 0.29) is 18.1 Å². The molecule has 1 N–H and O–H groups in total. The van der Waals surface area contributed by atoms with E-state index in [0.29, 0.717) is 35.1 Å². The number of amides is 1. The molecule has 0 bridgehead atoms. The standard InChI is InChI=1S/C19H23ClN2O4S/c1-22(2)27(24,25)14-15-7-5-8-16(13-15)21-19(23)11-6-12-26-18-10-4-3-9-17(18)20/h3-5,7-10,13H,6,11-12,14H2,1-2H3,(H,21,23). The van der Waals surface area contributed by atoms with Crippen molar-refractivity contribution in [1.82, 2.24) is 4.31 Å². The lowest BCUT2D eigenvalue weighted by atomic mass is 10.2. The molecule has 0 unspecified atom stereocenters. The van der Waals surface area contributed by atoms with Gasteiger partial charge in [0.1, 0.15) is 5.75 Å². The summed E-state index contributed by atoms with van der Waals surface area (Å²) in [6, 6.07) is 14.0. The molecule has 146 valence electrons. The van der Waals surface area contributed by atoms with Crippen molar-refractivity contribution in [3.8, 4) is 5.75 Å². The van der Waals surface area contributed by atoms with Crippen molar-refractivity contribution in [2.45, 2.75) is 18.6 Å². The van der Waals surface area contributed by atoms with Crippen LogP contribution in [0.3, 0.4) is 0 Å². The monoisotopic (exact) mass is 410 g/mol. The van der Waals surface area contributed by atoms with E-state index >= 15 is 0 Å². The maximum atomic E-state index is 12.1. The molecule has 0 atom stereocenters. The number of hydrogen-bond donors (Lipinski definition) is 1. The Hall–Kier alpha value is -2.09. The number of halogens is 1. The van der Waals surface area contributed by atoms with Gasteiger partial charge in [-0.1, -0.05) is 35.9 Å². The first-order valence-electron chi connectivity index (χ1n) is 8.44.